The molecule has 0 saturated carbocycles. The Labute approximate surface area is 99.8 Å². The lowest BCUT2D eigenvalue weighted by molar-refractivity contribution is -0.144. The van der Waals surface area contributed by atoms with Crippen molar-refractivity contribution in [2.24, 2.45) is 0 Å². The second kappa shape index (κ2) is 5.84. The van der Waals surface area contributed by atoms with Crippen LogP contribution in [0.2, 0.25) is 0 Å². The molecule has 2 rings (SSSR count). The molecule has 0 bridgehead atoms. The summed E-state index contributed by atoms with van der Waals surface area (Å²) in [5.74, 6) is -0.237. The van der Waals surface area contributed by atoms with Crippen LogP contribution in [0, 0.1) is 0 Å². The van der Waals surface area contributed by atoms with Gasteiger partial charge in [0.15, 0.2) is 0 Å². The minimum absolute atomic E-state index is 0.237. The zero-order valence-corrected chi connectivity index (χ0v) is 9.45. The molecule has 0 aliphatic rings. The maximum absolute atomic E-state index is 11.4. The summed E-state index contributed by atoms with van der Waals surface area (Å²) in [6, 6.07) is 10.1. The predicted octanol–water partition coefficient (Wildman–Crippen LogP) is 1.86. The average Bonchev–Trinajstić information content (AvgIpc) is 2.83. The van der Waals surface area contributed by atoms with E-state index in [1.54, 1.807) is 12.4 Å². The fourth-order valence-corrected chi connectivity index (χ4v) is 1.55. The highest BCUT2D eigenvalue weighted by Gasteiger charge is 2.04. The summed E-state index contributed by atoms with van der Waals surface area (Å²) in [6.07, 6.45) is 6.70. The molecule has 0 spiro atoms. The number of aromatic nitrogens is 2. The SMILES string of the molecule is O=C(CCCc1ccccc1)On1ccnc1. The van der Waals surface area contributed by atoms with Crippen molar-refractivity contribution in [1.82, 2.24) is 9.71 Å². The van der Waals surface area contributed by atoms with Crippen molar-refractivity contribution in [2.45, 2.75) is 19.3 Å². The van der Waals surface area contributed by atoms with E-state index in [-0.39, 0.29) is 5.97 Å². The van der Waals surface area contributed by atoms with Crippen molar-refractivity contribution in [3.05, 3.63) is 54.6 Å². The van der Waals surface area contributed by atoms with Crippen LogP contribution >= 0.6 is 0 Å². The largest absolute Gasteiger partial charge is 0.336 e. The van der Waals surface area contributed by atoms with Gasteiger partial charge < -0.3 is 4.84 Å². The van der Waals surface area contributed by atoms with E-state index < -0.39 is 0 Å². The summed E-state index contributed by atoms with van der Waals surface area (Å²) in [4.78, 5) is 20.2. The zero-order chi connectivity index (χ0) is 11.9. The minimum atomic E-state index is -0.237. The number of nitrogens with zero attached hydrogens (tertiary/aromatic N) is 2. The van der Waals surface area contributed by atoms with Gasteiger partial charge in [0.2, 0.25) is 0 Å². The van der Waals surface area contributed by atoms with E-state index in [9.17, 15) is 4.79 Å². The van der Waals surface area contributed by atoms with Gasteiger partial charge in [0.1, 0.15) is 6.33 Å². The molecule has 1 aromatic carbocycles. The molecule has 4 nitrogen and oxygen atoms in total. The number of carbonyl (C=O) groups excluding carboxylic acids is 1. The Morgan fingerprint density at radius 1 is 1.29 bits per heavy atom. The Hall–Kier alpha value is -2.10. The van der Waals surface area contributed by atoms with Crippen molar-refractivity contribution in [2.75, 3.05) is 0 Å². The number of benzene rings is 1. The number of aryl methyl sites for hydroxylation is 1. The topological polar surface area (TPSA) is 44.1 Å². The number of carbonyl (C=O) groups is 1. The first-order valence-electron chi connectivity index (χ1n) is 5.57. The van der Waals surface area contributed by atoms with E-state index in [1.807, 2.05) is 18.2 Å². The first-order valence-corrected chi connectivity index (χ1v) is 5.57. The Morgan fingerprint density at radius 2 is 2.12 bits per heavy atom. The quantitative estimate of drug-likeness (QED) is 0.787. The van der Waals surface area contributed by atoms with Crippen LogP contribution in [0.4, 0.5) is 0 Å². The van der Waals surface area contributed by atoms with Gasteiger partial charge in [-0.3, -0.25) is 0 Å². The van der Waals surface area contributed by atoms with Crippen molar-refractivity contribution >= 4 is 5.97 Å². The number of rotatable bonds is 5. The molecule has 0 fully saturated rings. The molecule has 4 heteroatoms. The first-order chi connectivity index (χ1) is 8.34. The van der Waals surface area contributed by atoms with Gasteiger partial charge in [-0.1, -0.05) is 30.3 Å². The average molecular weight is 230 g/mol. The highest BCUT2D eigenvalue weighted by atomic mass is 16.7. The Kier molecular flexibility index (Phi) is 3.91. The lowest BCUT2D eigenvalue weighted by Gasteiger charge is -2.03. The van der Waals surface area contributed by atoms with Crippen LogP contribution in [0.1, 0.15) is 18.4 Å². The van der Waals surface area contributed by atoms with Crippen LogP contribution in [0.5, 0.6) is 0 Å². The fraction of sp³-hybridized carbons (Fsp3) is 0.231. The molecular weight excluding hydrogens is 216 g/mol. The molecule has 0 N–H and O–H groups in total. The molecular formula is C13H14N2O2. The third-order valence-electron chi connectivity index (χ3n) is 2.38. The van der Waals surface area contributed by atoms with Gasteiger partial charge in [0, 0.05) is 12.6 Å². The van der Waals surface area contributed by atoms with Gasteiger partial charge in [-0.15, -0.1) is 0 Å². The van der Waals surface area contributed by atoms with E-state index in [0.717, 1.165) is 12.8 Å². The van der Waals surface area contributed by atoms with E-state index in [4.69, 9.17) is 4.84 Å². The molecule has 0 unspecified atom stereocenters. The Morgan fingerprint density at radius 3 is 2.82 bits per heavy atom. The van der Waals surface area contributed by atoms with Gasteiger partial charge in [-0.2, -0.15) is 4.73 Å². The summed E-state index contributed by atoms with van der Waals surface area (Å²) in [5, 5.41) is 0. The normalized spacial score (nSPS) is 10.1. The highest BCUT2D eigenvalue weighted by Crippen LogP contribution is 2.04. The third kappa shape index (κ3) is 3.75. The van der Waals surface area contributed by atoms with E-state index in [2.05, 4.69) is 17.1 Å². The zero-order valence-electron chi connectivity index (χ0n) is 9.45. The van der Waals surface area contributed by atoms with E-state index in [0.29, 0.717) is 6.42 Å². The van der Waals surface area contributed by atoms with Gasteiger partial charge in [0.25, 0.3) is 0 Å². The Balaban J connectivity index is 1.70. The molecule has 0 aliphatic heterocycles. The van der Waals surface area contributed by atoms with E-state index >= 15 is 0 Å². The third-order valence-corrected chi connectivity index (χ3v) is 2.38. The minimum Gasteiger partial charge on any atom is -0.336 e. The Bertz CT molecular complexity index is 452. The molecule has 0 amide bonds. The monoisotopic (exact) mass is 230 g/mol. The number of hydrogen-bond donors (Lipinski definition) is 0. The van der Waals surface area contributed by atoms with Gasteiger partial charge >= 0.3 is 5.97 Å². The second-order valence-electron chi connectivity index (χ2n) is 3.73. The number of hydrogen-bond acceptors (Lipinski definition) is 3. The predicted molar refractivity (Wildman–Crippen MR) is 63.2 cm³/mol. The van der Waals surface area contributed by atoms with Gasteiger partial charge in [0.05, 0.1) is 6.20 Å². The molecule has 2 aromatic rings. The first kappa shape index (κ1) is 11.4. The smallest absolute Gasteiger partial charge is 0.332 e. The summed E-state index contributed by atoms with van der Waals surface area (Å²) in [5.41, 5.74) is 1.24. The molecule has 17 heavy (non-hydrogen) atoms. The summed E-state index contributed by atoms with van der Waals surface area (Å²) in [6.45, 7) is 0. The van der Waals surface area contributed by atoms with Crippen molar-refractivity contribution in [3.63, 3.8) is 0 Å². The molecule has 0 atom stereocenters. The van der Waals surface area contributed by atoms with Crippen LogP contribution in [0.25, 0.3) is 0 Å². The summed E-state index contributed by atoms with van der Waals surface area (Å²) in [7, 11) is 0. The van der Waals surface area contributed by atoms with Crippen LogP contribution in [-0.2, 0) is 11.2 Å². The molecule has 0 aliphatic carbocycles. The van der Waals surface area contributed by atoms with Crippen molar-refractivity contribution in [3.8, 4) is 0 Å². The second-order valence-corrected chi connectivity index (χ2v) is 3.73. The van der Waals surface area contributed by atoms with Gasteiger partial charge in [-0.05, 0) is 18.4 Å². The van der Waals surface area contributed by atoms with Crippen LogP contribution in [0.15, 0.2) is 49.1 Å². The summed E-state index contributed by atoms with van der Waals surface area (Å²) < 4.78 is 1.31. The standard InChI is InChI=1S/C13H14N2O2/c16-13(17-15-10-9-14-11-15)8-4-7-12-5-2-1-3-6-12/h1-3,5-6,9-11H,4,7-8H2. The van der Waals surface area contributed by atoms with Crippen LogP contribution in [0.3, 0.4) is 0 Å². The lowest BCUT2D eigenvalue weighted by atomic mass is 10.1. The van der Waals surface area contributed by atoms with Crippen LogP contribution < -0.4 is 4.84 Å². The number of imidazole rings is 1. The summed E-state index contributed by atoms with van der Waals surface area (Å²) >= 11 is 0. The maximum Gasteiger partial charge on any atom is 0.332 e. The molecule has 0 radical (unpaired) electrons. The highest BCUT2D eigenvalue weighted by molar-refractivity contribution is 5.69. The molecule has 88 valence electrons. The lowest BCUT2D eigenvalue weighted by Crippen LogP contribution is -2.18. The molecule has 0 saturated heterocycles. The molecule has 1 aromatic heterocycles. The van der Waals surface area contributed by atoms with Crippen molar-refractivity contribution in [1.29, 1.82) is 0 Å². The van der Waals surface area contributed by atoms with Crippen molar-refractivity contribution < 1.29 is 9.63 Å². The van der Waals surface area contributed by atoms with Crippen LogP contribution in [-0.4, -0.2) is 15.7 Å². The van der Waals surface area contributed by atoms with Gasteiger partial charge in [-0.25, -0.2) is 9.78 Å². The van der Waals surface area contributed by atoms with E-state index in [1.165, 1.54) is 16.6 Å². The fourth-order valence-electron chi connectivity index (χ4n) is 1.55. The maximum atomic E-state index is 11.4. The molecule has 1 heterocycles.